The van der Waals surface area contributed by atoms with Crippen LogP contribution in [-0.4, -0.2) is 11.6 Å². The maximum Gasteiger partial charge on any atom is 1.00 e. The molecule has 0 N–H and O–H groups in total. The van der Waals surface area contributed by atoms with E-state index < -0.39 is 11.6 Å². The number of rotatable bonds is 2. The van der Waals surface area contributed by atoms with E-state index in [9.17, 15) is 14.7 Å². The second kappa shape index (κ2) is 5.65. The quantitative estimate of drug-likeness (QED) is 0.134. The smallest absolute Gasteiger partial charge is 0.877 e. The fourth-order valence-electron chi connectivity index (χ4n) is 0.414. The zero-order valence-electron chi connectivity index (χ0n) is 6.30. The van der Waals surface area contributed by atoms with E-state index in [-0.39, 0.29) is 41.4 Å². The third kappa shape index (κ3) is 3.82. The molecule has 0 aliphatic carbocycles. The average Bonchev–Trinajstić information content (AvgIpc) is 1.64. The Hall–Kier alpha value is -0.120. The van der Waals surface area contributed by atoms with Gasteiger partial charge in [-0.05, 0) is 13.8 Å². The SMILES string of the molecule is CC(=O)C(=C[O-])C(C)=O.[Na+]. The Morgan fingerprint density at radius 2 is 1.50 bits per heavy atom. The minimum absolute atomic E-state index is 0. The van der Waals surface area contributed by atoms with Crippen molar-refractivity contribution in [2.75, 3.05) is 0 Å². The van der Waals surface area contributed by atoms with Crippen molar-refractivity contribution < 1.29 is 44.3 Å². The Labute approximate surface area is 81.4 Å². The molecule has 0 aromatic heterocycles. The largest absolute Gasteiger partial charge is 1.00 e. The Morgan fingerprint density at radius 3 is 1.50 bits per heavy atom. The van der Waals surface area contributed by atoms with Gasteiger partial charge in [0.2, 0.25) is 0 Å². The van der Waals surface area contributed by atoms with E-state index in [1.165, 1.54) is 13.8 Å². The Bertz CT molecular complexity index is 156. The van der Waals surface area contributed by atoms with E-state index in [0.29, 0.717) is 0 Å². The first kappa shape index (κ1) is 12.5. The van der Waals surface area contributed by atoms with Crippen molar-refractivity contribution in [3.63, 3.8) is 0 Å². The van der Waals surface area contributed by atoms with Crippen LogP contribution >= 0.6 is 0 Å². The van der Waals surface area contributed by atoms with Crippen molar-refractivity contribution in [3.8, 4) is 0 Å². The molecule has 0 saturated carbocycles. The zero-order chi connectivity index (χ0) is 7.44. The summed E-state index contributed by atoms with van der Waals surface area (Å²) < 4.78 is 0. The number of carbonyl (C=O) groups is 2. The van der Waals surface area contributed by atoms with Crippen LogP contribution in [0.1, 0.15) is 13.8 Å². The molecule has 0 amide bonds. The fraction of sp³-hybridized carbons (Fsp3) is 0.333. The van der Waals surface area contributed by atoms with Crippen LogP contribution in [0, 0.1) is 0 Å². The molecule has 0 aliphatic rings. The summed E-state index contributed by atoms with van der Waals surface area (Å²) in [4.78, 5) is 20.7. The fourth-order valence-corrected chi connectivity index (χ4v) is 0.414. The summed E-state index contributed by atoms with van der Waals surface area (Å²) in [5.74, 6) is -0.949. The summed E-state index contributed by atoms with van der Waals surface area (Å²) in [6.07, 6.45) is 0.282. The predicted octanol–water partition coefficient (Wildman–Crippen LogP) is -3.59. The molecule has 0 heterocycles. The minimum Gasteiger partial charge on any atom is -0.877 e. The van der Waals surface area contributed by atoms with Gasteiger partial charge in [-0.15, -0.1) is 6.26 Å². The van der Waals surface area contributed by atoms with E-state index in [1.54, 1.807) is 0 Å². The van der Waals surface area contributed by atoms with Crippen LogP contribution < -0.4 is 34.7 Å². The molecule has 50 valence electrons. The molecule has 3 nitrogen and oxygen atoms in total. The number of Topliss-reactive ketones (excluding diaryl/α,β-unsaturated/α-hetero) is 2. The molecule has 0 aromatic rings. The van der Waals surface area contributed by atoms with Gasteiger partial charge in [0.25, 0.3) is 0 Å². The third-order valence-corrected chi connectivity index (χ3v) is 0.876. The number of carbonyl (C=O) groups excluding carboxylic acids is 2. The van der Waals surface area contributed by atoms with Crippen LogP contribution in [0.2, 0.25) is 0 Å². The van der Waals surface area contributed by atoms with Crippen molar-refractivity contribution in [2.24, 2.45) is 0 Å². The molecule has 4 heteroatoms. The Morgan fingerprint density at radius 1 is 1.20 bits per heavy atom. The molecule has 0 rings (SSSR count). The number of hydrogen-bond acceptors (Lipinski definition) is 3. The van der Waals surface area contributed by atoms with Gasteiger partial charge in [0.1, 0.15) is 0 Å². The molecule has 0 unspecified atom stereocenters. The normalized spacial score (nSPS) is 7.40. The van der Waals surface area contributed by atoms with E-state index >= 15 is 0 Å². The topological polar surface area (TPSA) is 57.2 Å². The summed E-state index contributed by atoms with van der Waals surface area (Å²) >= 11 is 0. The van der Waals surface area contributed by atoms with Gasteiger partial charge in [0.15, 0.2) is 11.6 Å². The first-order valence-electron chi connectivity index (χ1n) is 2.43. The zero-order valence-corrected chi connectivity index (χ0v) is 8.30. The molecule has 0 aromatic carbocycles. The molecule has 0 fully saturated rings. The van der Waals surface area contributed by atoms with Crippen LogP contribution in [0.3, 0.4) is 0 Å². The predicted molar refractivity (Wildman–Crippen MR) is 29.4 cm³/mol. The minimum atomic E-state index is -0.475. The molecule has 0 aliphatic heterocycles. The summed E-state index contributed by atoms with van der Waals surface area (Å²) in [7, 11) is 0. The van der Waals surface area contributed by atoms with Gasteiger partial charge < -0.3 is 5.11 Å². The standard InChI is InChI=1S/C6H8O3.Na/c1-4(8)6(3-7)5(2)9;/h3,7H,1-2H3;/q;+1/p-1. The first-order valence-corrected chi connectivity index (χ1v) is 2.43. The van der Waals surface area contributed by atoms with E-state index in [0.717, 1.165) is 0 Å². The van der Waals surface area contributed by atoms with Gasteiger partial charge in [-0.2, -0.15) is 0 Å². The summed E-state index contributed by atoms with van der Waals surface area (Å²) in [5, 5.41) is 9.91. The van der Waals surface area contributed by atoms with Crippen molar-refractivity contribution in [2.45, 2.75) is 13.8 Å². The van der Waals surface area contributed by atoms with Crippen LogP contribution in [0.25, 0.3) is 0 Å². The molecular weight excluding hydrogens is 143 g/mol. The summed E-state index contributed by atoms with van der Waals surface area (Å²) in [5.41, 5.74) is -0.269. The first-order chi connectivity index (χ1) is 4.09. The van der Waals surface area contributed by atoms with E-state index in [1.807, 2.05) is 0 Å². The molecule has 0 spiro atoms. The Balaban J connectivity index is 0. The van der Waals surface area contributed by atoms with E-state index in [2.05, 4.69) is 0 Å². The van der Waals surface area contributed by atoms with Crippen molar-refractivity contribution in [1.29, 1.82) is 0 Å². The molecule has 0 atom stereocenters. The second-order valence-electron chi connectivity index (χ2n) is 1.64. The van der Waals surface area contributed by atoms with Crippen LogP contribution in [0.4, 0.5) is 0 Å². The molecule has 0 radical (unpaired) electrons. The molecular formula is C6H7NaO3. The molecule has 0 saturated heterocycles. The van der Waals surface area contributed by atoms with Crippen LogP contribution in [0.15, 0.2) is 11.8 Å². The number of ketones is 2. The van der Waals surface area contributed by atoms with Crippen LogP contribution in [0.5, 0.6) is 0 Å². The van der Waals surface area contributed by atoms with Gasteiger partial charge >= 0.3 is 29.6 Å². The second-order valence-corrected chi connectivity index (χ2v) is 1.64. The Kier molecular flexibility index (Phi) is 7.09. The average molecular weight is 150 g/mol. The maximum atomic E-state index is 10.3. The van der Waals surface area contributed by atoms with Crippen molar-refractivity contribution in [1.82, 2.24) is 0 Å². The van der Waals surface area contributed by atoms with Crippen molar-refractivity contribution >= 4 is 11.6 Å². The van der Waals surface area contributed by atoms with Crippen LogP contribution in [-0.2, 0) is 9.59 Å². The van der Waals surface area contributed by atoms with E-state index in [4.69, 9.17) is 0 Å². The molecule has 0 bridgehead atoms. The molecule has 10 heavy (non-hydrogen) atoms. The van der Waals surface area contributed by atoms with Gasteiger partial charge in [0, 0.05) is 5.57 Å². The van der Waals surface area contributed by atoms with Gasteiger partial charge in [-0.25, -0.2) is 0 Å². The monoisotopic (exact) mass is 150 g/mol. The number of hydrogen-bond donors (Lipinski definition) is 0. The third-order valence-electron chi connectivity index (χ3n) is 0.876. The van der Waals surface area contributed by atoms with Gasteiger partial charge in [-0.3, -0.25) is 9.59 Å². The van der Waals surface area contributed by atoms with Gasteiger partial charge in [-0.1, -0.05) is 0 Å². The van der Waals surface area contributed by atoms with Crippen molar-refractivity contribution in [3.05, 3.63) is 11.8 Å². The summed E-state index contributed by atoms with van der Waals surface area (Å²) in [6.45, 7) is 2.37. The summed E-state index contributed by atoms with van der Waals surface area (Å²) in [6, 6.07) is 0. The number of allylic oxidation sites excluding steroid dienone is 1. The van der Waals surface area contributed by atoms with Gasteiger partial charge in [0.05, 0.1) is 0 Å². The maximum absolute atomic E-state index is 10.3.